The van der Waals surface area contributed by atoms with Crippen LogP contribution in [-0.2, 0) is 22.6 Å². The Balaban J connectivity index is 1.83. The predicted octanol–water partition coefficient (Wildman–Crippen LogP) is 2.58. The first-order valence-electron chi connectivity index (χ1n) is 8.60. The van der Waals surface area contributed by atoms with E-state index < -0.39 is 0 Å². The van der Waals surface area contributed by atoms with Crippen LogP contribution in [0.3, 0.4) is 0 Å². The van der Waals surface area contributed by atoms with Gasteiger partial charge in [0.05, 0.1) is 20.2 Å². The molecule has 134 valence electrons. The molecule has 1 aromatic carbocycles. The highest BCUT2D eigenvalue weighted by Crippen LogP contribution is 2.25. The molecule has 6 nitrogen and oxygen atoms in total. The van der Waals surface area contributed by atoms with Crippen molar-refractivity contribution < 1.29 is 9.53 Å². The van der Waals surface area contributed by atoms with Gasteiger partial charge in [-0.15, -0.1) is 10.2 Å². The quantitative estimate of drug-likeness (QED) is 0.559. The van der Waals surface area contributed by atoms with Crippen molar-refractivity contribution in [3.63, 3.8) is 0 Å². The van der Waals surface area contributed by atoms with Crippen molar-refractivity contribution in [1.29, 1.82) is 0 Å². The summed E-state index contributed by atoms with van der Waals surface area (Å²) in [5.74, 6) is 0.700. The number of carbonyl (C=O) groups is 1. The molecule has 0 radical (unpaired) electrons. The van der Waals surface area contributed by atoms with E-state index in [0.29, 0.717) is 6.54 Å². The second kappa shape index (κ2) is 8.49. The van der Waals surface area contributed by atoms with Crippen LogP contribution in [0.5, 0.6) is 0 Å². The lowest BCUT2D eigenvalue weighted by atomic mass is 10.2. The van der Waals surface area contributed by atoms with Crippen LogP contribution in [0, 0.1) is 0 Å². The third-order valence-electron chi connectivity index (χ3n) is 4.36. The Morgan fingerprint density at radius 2 is 1.92 bits per heavy atom. The predicted molar refractivity (Wildman–Crippen MR) is 97.4 cm³/mol. The molecule has 1 atom stereocenters. The molecule has 1 aliphatic rings. The lowest BCUT2D eigenvalue weighted by Crippen LogP contribution is -2.22. The molecule has 1 aliphatic heterocycles. The van der Waals surface area contributed by atoms with E-state index in [0.717, 1.165) is 30.6 Å². The van der Waals surface area contributed by atoms with Gasteiger partial charge in [0.1, 0.15) is 11.1 Å². The van der Waals surface area contributed by atoms with Gasteiger partial charge < -0.3 is 9.30 Å². The molecule has 0 bridgehead atoms. The zero-order chi connectivity index (χ0) is 17.6. The van der Waals surface area contributed by atoms with E-state index in [1.165, 1.54) is 37.3 Å². The number of hydrogen-bond donors (Lipinski definition) is 0. The first-order chi connectivity index (χ1) is 12.2. The maximum Gasteiger partial charge on any atom is 0.318 e. The molecular formula is C18H24N4O2S. The molecule has 0 saturated carbocycles. The summed E-state index contributed by atoms with van der Waals surface area (Å²) in [6.45, 7) is 5.55. The summed E-state index contributed by atoms with van der Waals surface area (Å²) in [5, 5.41) is 9.21. The summed E-state index contributed by atoms with van der Waals surface area (Å²) in [6.07, 6.45) is 2.49. The van der Waals surface area contributed by atoms with Gasteiger partial charge in [0.25, 0.3) is 0 Å². The van der Waals surface area contributed by atoms with Gasteiger partial charge in [0, 0.05) is 0 Å². The summed E-state index contributed by atoms with van der Waals surface area (Å²) in [4.78, 5) is 14.2. The number of aromatic nitrogens is 3. The van der Waals surface area contributed by atoms with Gasteiger partial charge in [-0.25, -0.2) is 0 Å². The maximum absolute atomic E-state index is 11.8. The minimum atomic E-state index is -0.316. The zero-order valence-corrected chi connectivity index (χ0v) is 15.5. The van der Waals surface area contributed by atoms with Crippen molar-refractivity contribution in [2.45, 2.75) is 43.3 Å². The van der Waals surface area contributed by atoms with Crippen molar-refractivity contribution in [2.24, 2.45) is 0 Å². The van der Waals surface area contributed by atoms with Crippen LogP contribution < -0.4 is 0 Å². The van der Waals surface area contributed by atoms with Crippen molar-refractivity contribution >= 4 is 17.7 Å². The number of hydrogen-bond acceptors (Lipinski definition) is 6. The van der Waals surface area contributed by atoms with Crippen LogP contribution in [0.2, 0.25) is 0 Å². The number of esters is 1. The van der Waals surface area contributed by atoms with Gasteiger partial charge in [0.2, 0.25) is 0 Å². The smallest absolute Gasteiger partial charge is 0.318 e. The number of rotatable bonds is 7. The molecule has 1 unspecified atom stereocenters. The van der Waals surface area contributed by atoms with Gasteiger partial charge in [-0.2, -0.15) is 0 Å². The molecule has 0 amide bonds. The fourth-order valence-electron chi connectivity index (χ4n) is 2.96. The molecule has 3 rings (SSSR count). The van der Waals surface area contributed by atoms with Gasteiger partial charge in [-0.05, 0) is 38.4 Å². The maximum atomic E-state index is 11.8. The van der Waals surface area contributed by atoms with Crippen LogP contribution in [0.15, 0.2) is 35.5 Å². The minimum absolute atomic E-state index is 0.250. The lowest BCUT2D eigenvalue weighted by Gasteiger charge is -2.16. The number of benzene rings is 1. The molecule has 2 heterocycles. The van der Waals surface area contributed by atoms with E-state index in [4.69, 9.17) is 4.74 Å². The molecular weight excluding hydrogens is 336 g/mol. The first-order valence-corrected chi connectivity index (χ1v) is 9.48. The topological polar surface area (TPSA) is 60.2 Å². The first kappa shape index (κ1) is 17.9. The molecule has 7 heteroatoms. The van der Waals surface area contributed by atoms with Gasteiger partial charge >= 0.3 is 5.97 Å². The third-order valence-corrected chi connectivity index (χ3v) is 5.41. The second-order valence-corrected chi connectivity index (χ2v) is 7.54. The van der Waals surface area contributed by atoms with Crippen molar-refractivity contribution in [2.75, 3.05) is 20.2 Å². The van der Waals surface area contributed by atoms with E-state index in [9.17, 15) is 4.79 Å². The van der Waals surface area contributed by atoms with Crippen LogP contribution >= 0.6 is 11.8 Å². The van der Waals surface area contributed by atoms with E-state index in [-0.39, 0.29) is 11.2 Å². The molecule has 0 spiro atoms. The minimum Gasteiger partial charge on any atom is -0.468 e. The molecule has 0 aliphatic carbocycles. The highest BCUT2D eigenvalue weighted by molar-refractivity contribution is 8.00. The third kappa shape index (κ3) is 4.61. The van der Waals surface area contributed by atoms with E-state index in [1.54, 1.807) is 0 Å². The van der Waals surface area contributed by atoms with E-state index in [1.807, 2.05) is 25.1 Å². The molecule has 1 aromatic heterocycles. The normalized spacial score (nSPS) is 16.1. The van der Waals surface area contributed by atoms with E-state index in [2.05, 4.69) is 31.8 Å². The van der Waals surface area contributed by atoms with Gasteiger partial charge in [-0.3, -0.25) is 9.69 Å². The number of carbonyl (C=O) groups excluding carboxylic acids is 1. The molecule has 1 saturated heterocycles. The van der Waals surface area contributed by atoms with Gasteiger partial charge in [0.15, 0.2) is 5.16 Å². The average Bonchev–Trinajstić information content (AvgIpc) is 3.27. The highest BCUT2D eigenvalue weighted by Gasteiger charge is 2.22. The number of nitrogens with zero attached hydrogens (tertiary/aromatic N) is 4. The lowest BCUT2D eigenvalue weighted by molar-refractivity contribution is -0.139. The Morgan fingerprint density at radius 1 is 1.20 bits per heavy atom. The number of ether oxygens (including phenoxy) is 1. The van der Waals surface area contributed by atoms with Crippen LogP contribution in [0.25, 0.3) is 0 Å². The zero-order valence-electron chi connectivity index (χ0n) is 14.7. The highest BCUT2D eigenvalue weighted by atomic mass is 32.2. The Hall–Kier alpha value is -1.86. The van der Waals surface area contributed by atoms with E-state index >= 15 is 0 Å². The molecule has 0 N–H and O–H groups in total. The van der Waals surface area contributed by atoms with Crippen LogP contribution in [0.1, 0.15) is 31.2 Å². The number of likely N-dealkylation sites (tertiary alicyclic amines) is 1. The largest absolute Gasteiger partial charge is 0.468 e. The second-order valence-electron chi connectivity index (χ2n) is 6.24. The summed E-state index contributed by atoms with van der Waals surface area (Å²) in [5.41, 5.74) is 1.19. The fourth-order valence-corrected chi connectivity index (χ4v) is 3.85. The summed E-state index contributed by atoms with van der Waals surface area (Å²) in [6, 6.07) is 10.3. The monoisotopic (exact) mass is 360 g/mol. The standard InChI is InChI=1S/C18H24N4O2S/c1-14(17(23)24-2)25-18-20-19-16(13-21-10-6-7-11-21)22(18)12-15-8-4-3-5-9-15/h3-5,8-9,14H,6-7,10-13H2,1-2H3. The van der Waals surface area contributed by atoms with Crippen molar-refractivity contribution in [3.05, 3.63) is 41.7 Å². The number of methoxy groups -OCH3 is 1. The average molecular weight is 360 g/mol. The van der Waals surface area contributed by atoms with Crippen molar-refractivity contribution in [3.8, 4) is 0 Å². The SMILES string of the molecule is COC(=O)C(C)Sc1nnc(CN2CCCC2)n1Cc1ccccc1. The van der Waals surface area contributed by atoms with Gasteiger partial charge in [-0.1, -0.05) is 42.1 Å². The molecule has 1 fully saturated rings. The molecule has 25 heavy (non-hydrogen) atoms. The Morgan fingerprint density at radius 3 is 2.60 bits per heavy atom. The fraction of sp³-hybridized carbons (Fsp3) is 0.500. The summed E-state index contributed by atoms with van der Waals surface area (Å²) in [7, 11) is 1.41. The Labute approximate surface area is 152 Å². The Kier molecular flexibility index (Phi) is 6.09. The molecule has 2 aromatic rings. The number of thioether (sulfide) groups is 1. The summed E-state index contributed by atoms with van der Waals surface area (Å²) >= 11 is 1.40. The summed E-state index contributed by atoms with van der Waals surface area (Å²) < 4.78 is 6.95. The van der Waals surface area contributed by atoms with Crippen LogP contribution in [-0.4, -0.2) is 51.1 Å². The van der Waals surface area contributed by atoms with Crippen LogP contribution in [0.4, 0.5) is 0 Å². The Bertz CT molecular complexity index is 698. The van der Waals surface area contributed by atoms with Crippen molar-refractivity contribution in [1.82, 2.24) is 19.7 Å².